The van der Waals surface area contributed by atoms with Crippen LogP contribution in [0.4, 0.5) is 30.7 Å². The summed E-state index contributed by atoms with van der Waals surface area (Å²) >= 11 is 0. The van der Waals surface area contributed by atoms with Crippen molar-refractivity contribution in [2.24, 2.45) is 17.8 Å². The van der Waals surface area contributed by atoms with Gasteiger partial charge in [-0.1, -0.05) is 52.4 Å². The third-order valence-electron chi connectivity index (χ3n) is 7.19. The Labute approximate surface area is 196 Å². The molecule has 1 atom stereocenters. The first-order valence-corrected chi connectivity index (χ1v) is 12.1. The molecule has 0 aromatic heterocycles. The zero-order valence-electron chi connectivity index (χ0n) is 19.6. The molecule has 0 heterocycles. The lowest BCUT2D eigenvalue weighted by molar-refractivity contribution is -0.142. The van der Waals surface area contributed by atoms with Crippen molar-refractivity contribution < 1.29 is 30.7 Å². The van der Waals surface area contributed by atoms with Gasteiger partial charge in [0.15, 0.2) is 0 Å². The largest absolute Gasteiger partial charge is 0.422 e. The molecule has 34 heavy (non-hydrogen) atoms. The second-order valence-electron chi connectivity index (χ2n) is 9.71. The van der Waals surface area contributed by atoms with Crippen LogP contribution in [0.5, 0.6) is 0 Å². The first-order chi connectivity index (χ1) is 16.0. The van der Waals surface area contributed by atoms with E-state index in [-0.39, 0.29) is 5.92 Å². The van der Waals surface area contributed by atoms with Crippen molar-refractivity contribution >= 4 is 0 Å². The van der Waals surface area contributed by atoms with E-state index in [9.17, 15) is 30.7 Å². The van der Waals surface area contributed by atoms with Gasteiger partial charge in [0.05, 0.1) is 5.56 Å². The first-order valence-electron chi connectivity index (χ1n) is 12.1. The number of hydrogen-bond acceptors (Lipinski definition) is 0. The van der Waals surface area contributed by atoms with Gasteiger partial charge >= 0.3 is 6.18 Å². The molecule has 3 rings (SSSR count). The summed E-state index contributed by atoms with van der Waals surface area (Å²) in [4.78, 5) is 0. The predicted molar refractivity (Wildman–Crippen MR) is 119 cm³/mol. The molecule has 1 saturated carbocycles. The standard InChI is InChI=1S/C27H31F7/c1-3-4-5-6-17-7-9-19(10-8-17)16(2)11-18-12-21(28)25(22(29)13-18)20-14-23(30)26(24(31)15-20)27(32,33)34/h12-17,19H,3-11H2,1-2H3. The fourth-order valence-corrected chi connectivity index (χ4v) is 5.27. The number of alkyl halides is 3. The molecule has 188 valence electrons. The van der Waals surface area contributed by atoms with Crippen LogP contribution >= 0.6 is 0 Å². The quantitative estimate of drug-likeness (QED) is 0.256. The lowest BCUT2D eigenvalue weighted by Crippen LogP contribution is -2.21. The Morgan fingerprint density at radius 3 is 1.88 bits per heavy atom. The second-order valence-corrected chi connectivity index (χ2v) is 9.71. The van der Waals surface area contributed by atoms with E-state index >= 15 is 0 Å². The predicted octanol–water partition coefficient (Wildman–Crippen LogP) is 9.49. The summed E-state index contributed by atoms with van der Waals surface area (Å²) in [6.45, 7) is 4.25. The van der Waals surface area contributed by atoms with E-state index in [0.29, 0.717) is 30.0 Å². The van der Waals surface area contributed by atoms with E-state index < -0.39 is 46.1 Å². The zero-order valence-corrected chi connectivity index (χ0v) is 19.6. The minimum absolute atomic E-state index is 0.210. The average Bonchev–Trinajstić information content (AvgIpc) is 2.72. The molecule has 0 amide bonds. The van der Waals surface area contributed by atoms with Gasteiger partial charge in [-0.2, -0.15) is 13.2 Å². The molecule has 0 radical (unpaired) electrons. The van der Waals surface area contributed by atoms with Gasteiger partial charge < -0.3 is 0 Å². The highest BCUT2D eigenvalue weighted by Crippen LogP contribution is 2.39. The van der Waals surface area contributed by atoms with Gasteiger partial charge in [0.2, 0.25) is 0 Å². The van der Waals surface area contributed by atoms with Crippen LogP contribution in [0.15, 0.2) is 24.3 Å². The molecule has 1 aliphatic carbocycles. The van der Waals surface area contributed by atoms with Crippen molar-refractivity contribution in [1.82, 2.24) is 0 Å². The van der Waals surface area contributed by atoms with E-state index in [0.717, 1.165) is 30.9 Å². The molecular weight excluding hydrogens is 457 g/mol. The summed E-state index contributed by atoms with van der Waals surface area (Å²) in [5.41, 5.74) is -3.01. The van der Waals surface area contributed by atoms with Crippen molar-refractivity contribution in [3.8, 4) is 11.1 Å². The van der Waals surface area contributed by atoms with Crippen LogP contribution in [-0.2, 0) is 12.6 Å². The average molecular weight is 489 g/mol. The van der Waals surface area contributed by atoms with Crippen LogP contribution < -0.4 is 0 Å². The van der Waals surface area contributed by atoms with Crippen LogP contribution in [0, 0.1) is 41.0 Å². The number of halogens is 7. The van der Waals surface area contributed by atoms with Gasteiger partial charge in [-0.3, -0.25) is 0 Å². The maximum atomic E-state index is 14.8. The van der Waals surface area contributed by atoms with E-state index in [1.807, 2.05) is 0 Å². The van der Waals surface area contributed by atoms with Crippen molar-refractivity contribution in [2.45, 2.75) is 77.8 Å². The summed E-state index contributed by atoms with van der Waals surface area (Å²) in [6, 6.07) is 2.85. The van der Waals surface area contributed by atoms with Crippen molar-refractivity contribution in [3.05, 3.63) is 58.7 Å². The van der Waals surface area contributed by atoms with Crippen LogP contribution in [0.1, 0.15) is 76.3 Å². The Morgan fingerprint density at radius 2 is 1.38 bits per heavy atom. The normalized spacial score (nSPS) is 19.9. The number of benzene rings is 2. The summed E-state index contributed by atoms with van der Waals surface area (Å²) in [7, 11) is 0. The van der Waals surface area contributed by atoms with Gasteiger partial charge in [-0.05, 0) is 72.4 Å². The molecule has 1 fully saturated rings. The highest BCUT2D eigenvalue weighted by molar-refractivity contribution is 5.66. The Morgan fingerprint density at radius 1 is 0.824 bits per heavy atom. The molecule has 0 saturated heterocycles. The first kappa shape index (κ1) is 26.6. The smallest absolute Gasteiger partial charge is 0.206 e. The minimum Gasteiger partial charge on any atom is -0.206 e. The lowest BCUT2D eigenvalue weighted by atomic mass is 9.73. The van der Waals surface area contributed by atoms with Crippen LogP contribution in [0.25, 0.3) is 11.1 Å². The molecule has 2 aromatic carbocycles. The number of hydrogen-bond donors (Lipinski definition) is 0. The van der Waals surface area contributed by atoms with E-state index in [1.165, 1.54) is 38.5 Å². The third kappa shape index (κ3) is 6.33. The summed E-state index contributed by atoms with van der Waals surface area (Å²) in [5, 5.41) is 0. The van der Waals surface area contributed by atoms with Crippen LogP contribution in [-0.4, -0.2) is 0 Å². The Hall–Kier alpha value is -2.05. The molecule has 0 N–H and O–H groups in total. The Balaban J connectivity index is 1.71. The molecule has 0 aliphatic heterocycles. The Bertz CT molecular complexity index is 925. The maximum Gasteiger partial charge on any atom is 0.422 e. The SMILES string of the molecule is CCCCCC1CCC(C(C)Cc2cc(F)c(-c3cc(F)c(C(F)(F)F)c(F)c3)c(F)c2)CC1. The molecule has 0 nitrogen and oxygen atoms in total. The highest BCUT2D eigenvalue weighted by Gasteiger charge is 2.38. The molecule has 2 aromatic rings. The number of unbranched alkanes of at least 4 members (excludes halogenated alkanes) is 2. The Kier molecular flexibility index (Phi) is 8.69. The second kappa shape index (κ2) is 11.1. The minimum atomic E-state index is -5.25. The van der Waals surface area contributed by atoms with Gasteiger partial charge in [-0.25, -0.2) is 17.6 Å². The van der Waals surface area contributed by atoms with Gasteiger partial charge in [0.25, 0.3) is 0 Å². The van der Waals surface area contributed by atoms with Crippen molar-refractivity contribution in [2.75, 3.05) is 0 Å². The van der Waals surface area contributed by atoms with Crippen LogP contribution in [0.3, 0.4) is 0 Å². The summed E-state index contributed by atoms with van der Waals surface area (Å²) in [5.74, 6) is -4.50. The van der Waals surface area contributed by atoms with Gasteiger partial charge in [0, 0.05) is 0 Å². The fraction of sp³-hybridized carbons (Fsp3) is 0.556. The zero-order chi connectivity index (χ0) is 25.0. The molecule has 1 aliphatic rings. The topological polar surface area (TPSA) is 0 Å². The molecule has 7 heteroatoms. The van der Waals surface area contributed by atoms with Crippen molar-refractivity contribution in [3.63, 3.8) is 0 Å². The lowest BCUT2D eigenvalue weighted by Gasteiger charge is -2.32. The number of rotatable bonds is 8. The monoisotopic (exact) mass is 488 g/mol. The highest BCUT2D eigenvalue weighted by atomic mass is 19.4. The van der Waals surface area contributed by atoms with E-state index in [2.05, 4.69) is 13.8 Å². The van der Waals surface area contributed by atoms with Gasteiger partial charge in [0.1, 0.15) is 28.8 Å². The maximum absolute atomic E-state index is 14.8. The summed E-state index contributed by atoms with van der Waals surface area (Å²) in [6.07, 6.45) is 4.72. The van der Waals surface area contributed by atoms with Crippen molar-refractivity contribution in [1.29, 1.82) is 0 Å². The van der Waals surface area contributed by atoms with E-state index in [1.54, 1.807) is 0 Å². The summed E-state index contributed by atoms with van der Waals surface area (Å²) < 4.78 is 95.8. The van der Waals surface area contributed by atoms with E-state index in [4.69, 9.17) is 0 Å². The molecular formula is C27H31F7. The molecule has 1 unspecified atom stereocenters. The van der Waals surface area contributed by atoms with Crippen LogP contribution in [0.2, 0.25) is 0 Å². The molecule has 0 bridgehead atoms. The molecule has 0 spiro atoms. The fourth-order valence-electron chi connectivity index (χ4n) is 5.27. The third-order valence-corrected chi connectivity index (χ3v) is 7.19. The van der Waals surface area contributed by atoms with Gasteiger partial charge in [-0.15, -0.1) is 0 Å².